The Bertz CT molecular complexity index is 433. The second-order valence-corrected chi connectivity index (χ2v) is 2.97. The largest absolute Gasteiger partial charge is 0.366 e. The SMILES string of the molecule is C=C(C)C(N)=O.c1ccc2[nH]nnc2c1. The first-order valence-corrected chi connectivity index (χ1v) is 4.32. The number of H-pyrrole nitrogens is 1. The lowest BCUT2D eigenvalue weighted by Crippen LogP contribution is -2.10. The molecule has 0 unspecified atom stereocenters. The highest BCUT2D eigenvalue weighted by Gasteiger charge is 1.90. The van der Waals surface area contributed by atoms with Crippen molar-refractivity contribution in [2.45, 2.75) is 6.92 Å². The summed E-state index contributed by atoms with van der Waals surface area (Å²) in [5.74, 6) is -0.435. The minimum atomic E-state index is -0.435. The molecule has 2 aromatic rings. The number of amides is 1. The molecule has 0 saturated carbocycles. The van der Waals surface area contributed by atoms with Gasteiger partial charge in [-0.05, 0) is 19.1 Å². The molecule has 5 heteroatoms. The van der Waals surface area contributed by atoms with Gasteiger partial charge in [-0.15, -0.1) is 5.10 Å². The van der Waals surface area contributed by atoms with Crippen LogP contribution in [-0.2, 0) is 4.79 Å². The lowest BCUT2D eigenvalue weighted by molar-refractivity contribution is -0.114. The number of carbonyl (C=O) groups is 1. The van der Waals surface area contributed by atoms with Gasteiger partial charge in [0, 0.05) is 5.57 Å². The van der Waals surface area contributed by atoms with Gasteiger partial charge in [-0.1, -0.05) is 23.9 Å². The molecule has 78 valence electrons. The van der Waals surface area contributed by atoms with E-state index < -0.39 is 5.91 Å². The number of hydrogen-bond acceptors (Lipinski definition) is 3. The third kappa shape index (κ3) is 3.22. The van der Waals surface area contributed by atoms with Gasteiger partial charge in [-0.25, -0.2) is 0 Å². The van der Waals surface area contributed by atoms with E-state index in [0.717, 1.165) is 11.0 Å². The smallest absolute Gasteiger partial charge is 0.243 e. The minimum Gasteiger partial charge on any atom is -0.366 e. The fourth-order valence-corrected chi connectivity index (χ4v) is 0.788. The molecule has 5 nitrogen and oxygen atoms in total. The standard InChI is InChI=1S/C6H5N3.C4H7NO/c1-2-4-6-5(3-1)7-9-8-6;1-3(2)4(5)6/h1-4H,(H,7,8,9);1H2,2H3,(H2,5,6). The van der Waals surface area contributed by atoms with Crippen LogP contribution in [0.2, 0.25) is 0 Å². The van der Waals surface area contributed by atoms with Crippen molar-refractivity contribution in [3.63, 3.8) is 0 Å². The third-order valence-corrected chi connectivity index (χ3v) is 1.65. The second-order valence-electron chi connectivity index (χ2n) is 2.97. The molecule has 0 aliphatic rings. The number of aromatic nitrogens is 3. The Labute approximate surface area is 87.0 Å². The van der Waals surface area contributed by atoms with Crippen molar-refractivity contribution in [1.29, 1.82) is 0 Å². The summed E-state index contributed by atoms with van der Waals surface area (Å²) in [5, 5.41) is 10.2. The van der Waals surface area contributed by atoms with Crippen LogP contribution in [0.3, 0.4) is 0 Å². The van der Waals surface area contributed by atoms with Crippen molar-refractivity contribution in [2.75, 3.05) is 0 Å². The fourth-order valence-electron chi connectivity index (χ4n) is 0.788. The van der Waals surface area contributed by atoms with Gasteiger partial charge in [0.2, 0.25) is 5.91 Å². The number of para-hydroxylation sites is 1. The van der Waals surface area contributed by atoms with Gasteiger partial charge in [0.15, 0.2) is 0 Å². The van der Waals surface area contributed by atoms with Crippen LogP contribution in [0.5, 0.6) is 0 Å². The van der Waals surface area contributed by atoms with E-state index in [2.05, 4.69) is 22.0 Å². The summed E-state index contributed by atoms with van der Waals surface area (Å²) < 4.78 is 0. The molecule has 0 spiro atoms. The molecule has 1 aromatic carbocycles. The van der Waals surface area contributed by atoms with Crippen molar-refractivity contribution < 1.29 is 4.79 Å². The van der Waals surface area contributed by atoms with E-state index in [1.54, 1.807) is 6.92 Å². The molecule has 0 radical (unpaired) electrons. The molecule has 1 heterocycles. The normalized spacial score (nSPS) is 9.13. The van der Waals surface area contributed by atoms with Gasteiger partial charge >= 0.3 is 0 Å². The van der Waals surface area contributed by atoms with E-state index in [0.29, 0.717) is 5.57 Å². The van der Waals surface area contributed by atoms with Crippen LogP contribution in [0, 0.1) is 0 Å². The Morgan fingerprint density at radius 3 is 2.60 bits per heavy atom. The summed E-state index contributed by atoms with van der Waals surface area (Å²) in [6, 6.07) is 7.74. The second kappa shape index (κ2) is 4.90. The van der Waals surface area contributed by atoms with Crippen molar-refractivity contribution >= 4 is 16.9 Å². The van der Waals surface area contributed by atoms with Crippen LogP contribution < -0.4 is 5.73 Å². The first-order valence-electron chi connectivity index (χ1n) is 4.32. The summed E-state index contributed by atoms with van der Waals surface area (Å²) in [4.78, 5) is 9.82. The molecule has 0 bridgehead atoms. The molecule has 0 atom stereocenters. The van der Waals surface area contributed by atoms with E-state index in [1.165, 1.54) is 0 Å². The predicted octanol–water partition coefficient (Wildman–Crippen LogP) is 1.01. The van der Waals surface area contributed by atoms with Crippen molar-refractivity contribution in [3.8, 4) is 0 Å². The van der Waals surface area contributed by atoms with Gasteiger partial charge in [-0.2, -0.15) is 0 Å². The molecule has 1 amide bonds. The molecular formula is C10H12N4O. The molecule has 3 N–H and O–H groups in total. The molecule has 15 heavy (non-hydrogen) atoms. The zero-order valence-corrected chi connectivity index (χ0v) is 8.40. The number of hydrogen-bond donors (Lipinski definition) is 2. The Morgan fingerprint density at radius 1 is 1.47 bits per heavy atom. The van der Waals surface area contributed by atoms with E-state index in [9.17, 15) is 4.79 Å². The van der Waals surface area contributed by atoms with Crippen LogP contribution in [-0.4, -0.2) is 21.3 Å². The quantitative estimate of drug-likeness (QED) is 0.680. The molecular weight excluding hydrogens is 192 g/mol. The number of nitrogens with two attached hydrogens (primary N) is 1. The Hall–Kier alpha value is -2.17. The number of fused-ring (bicyclic) bond motifs is 1. The maximum Gasteiger partial charge on any atom is 0.243 e. The summed E-state index contributed by atoms with van der Waals surface area (Å²) in [6.07, 6.45) is 0. The number of carbonyl (C=O) groups excluding carboxylic acids is 1. The van der Waals surface area contributed by atoms with Crippen LogP contribution in [0.15, 0.2) is 36.4 Å². The van der Waals surface area contributed by atoms with Crippen LogP contribution >= 0.6 is 0 Å². The van der Waals surface area contributed by atoms with Gasteiger partial charge in [0.05, 0.1) is 5.52 Å². The van der Waals surface area contributed by atoms with Crippen LogP contribution in [0.4, 0.5) is 0 Å². The highest BCUT2D eigenvalue weighted by atomic mass is 16.1. The van der Waals surface area contributed by atoms with Crippen molar-refractivity contribution in [2.24, 2.45) is 5.73 Å². The number of primary amides is 1. The zero-order valence-electron chi connectivity index (χ0n) is 8.40. The highest BCUT2D eigenvalue weighted by Crippen LogP contribution is 2.03. The molecule has 0 saturated heterocycles. The molecule has 0 aliphatic heterocycles. The summed E-state index contributed by atoms with van der Waals surface area (Å²) >= 11 is 0. The average Bonchev–Trinajstić information content (AvgIpc) is 2.66. The van der Waals surface area contributed by atoms with E-state index >= 15 is 0 Å². The summed E-state index contributed by atoms with van der Waals surface area (Å²) in [5.41, 5.74) is 6.99. The Balaban J connectivity index is 0.000000167. The number of benzene rings is 1. The number of aromatic amines is 1. The number of rotatable bonds is 1. The van der Waals surface area contributed by atoms with E-state index in [-0.39, 0.29) is 0 Å². The van der Waals surface area contributed by atoms with Gasteiger partial charge in [0.1, 0.15) is 5.52 Å². The minimum absolute atomic E-state index is 0.398. The molecule has 1 aromatic heterocycles. The lowest BCUT2D eigenvalue weighted by Gasteiger charge is -1.81. The van der Waals surface area contributed by atoms with Crippen LogP contribution in [0.25, 0.3) is 11.0 Å². The molecule has 0 aliphatic carbocycles. The van der Waals surface area contributed by atoms with Crippen molar-refractivity contribution in [1.82, 2.24) is 15.4 Å². The zero-order chi connectivity index (χ0) is 11.3. The predicted molar refractivity (Wildman–Crippen MR) is 57.9 cm³/mol. The Morgan fingerprint density at radius 2 is 2.07 bits per heavy atom. The lowest BCUT2D eigenvalue weighted by atomic mass is 10.3. The van der Waals surface area contributed by atoms with Gasteiger partial charge in [0.25, 0.3) is 0 Å². The first-order chi connectivity index (χ1) is 7.11. The number of nitrogens with one attached hydrogen (secondary N) is 1. The number of nitrogens with zero attached hydrogens (tertiary/aromatic N) is 2. The van der Waals surface area contributed by atoms with Crippen molar-refractivity contribution in [3.05, 3.63) is 36.4 Å². The third-order valence-electron chi connectivity index (χ3n) is 1.65. The molecule has 0 fully saturated rings. The van der Waals surface area contributed by atoms with Gasteiger partial charge in [-0.3, -0.25) is 9.89 Å². The first kappa shape index (κ1) is 10.9. The fraction of sp³-hybridized carbons (Fsp3) is 0.100. The Kier molecular flexibility index (Phi) is 3.56. The summed E-state index contributed by atoms with van der Waals surface area (Å²) in [7, 11) is 0. The monoisotopic (exact) mass is 204 g/mol. The maximum absolute atomic E-state index is 9.82. The summed E-state index contributed by atoms with van der Waals surface area (Å²) in [6.45, 7) is 4.85. The topological polar surface area (TPSA) is 84.7 Å². The molecule has 2 rings (SSSR count). The van der Waals surface area contributed by atoms with Gasteiger partial charge < -0.3 is 5.73 Å². The van der Waals surface area contributed by atoms with E-state index in [1.807, 2.05) is 24.3 Å². The van der Waals surface area contributed by atoms with E-state index in [4.69, 9.17) is 5.73 Å². The maximum atomic E-state index is 9.82. The average molecular weight is 204 g/mol. The highest BCUT2D eigenvalue weighted by molar-refractivity contribution is 5.90. The van der Waals surface area contributed by atoms with Crippen LogP contribution in [0.1, 0.15) is 6.92 Å².